The maximum atomic E-state index is 11.9. The largest absolute Gasteiger partial charge is 0.459 e. The second-order valence-electron chi connectivity index (χ2n) is 5.84. The Labute approximate surface area is 160 Å². The van der Waals surface area contributed by atoms with Crippen LogP contribution in [0.5, 0.6) is 0 Å². The first-order valence-electron chi connectivity index (χ1n) is 7.98. The van der Waals surface area contributed by atoms with Crippen LogP contribution in [0.25, 0.3) is 10.9 Å². The summed E-state index contributed by atoms with van der Waals surface area (Å²) in [6, 6.07) is 9.32. The van der Waals surface area contributed by atoms with Crippen LogP contribution in [0.1, 0.15) is 26.4 Å². The van der Waals surface area contributed by atoms with Crippen molar-refractivity contribution in [1.29, 1.82) is 0 Å². The molecule has 1 N–H and O–H groups in total. The molecule has 3 aromatic rings. The Hall–Kier alpha value is -2.44. The van der Waals surface area contributed by atoms with Gasteiger partial charge in [-0.15, -0.1) is 11.3 Å². The van der Waals surface area contributed by atoms with Gasteiger partial charge in [0.25, 0.3) is 5.91 Å². The van der Waals surface area contributed by atoms with E-state index in [1.165, 1.54) is 11.3 Å². The van der Waals surface area contributed by atoms with E-state index >= 15 is 0 Å². The van der Waals surface area contributed by atoms with Crippen LogP contribution >= 0.6 is 22.9 Å². The molecule has 0 saturated heterocycles. The number of ether oxygens (including phenoxy) is 1. The second-order valence-corrected chi connectivity index (χ2v) is 7.14. The van der Waals surface area contributed by atoms with Gasteiger partial charge in [0.15, 0.2) is 0 Å². The van der Waals surface area contributed by atoms with Crippen molar-refractivity contribution < 1.29 is 14.3 Å². The number of carbonyl (C=O) groups excluding carboxylic acids is 2. The molecule has 0 atom stereocenters. The standard InChI is InChI=1S/C19H17ClN2O3S/c1-11-5-6-13-8-14(18(20)22-17(13)12(11)2)10-25-16(23)9-21-19(24)15-4-3-7-26-15/h3-8H,9-10H2,1-2H3,(H,21,24). The van der Waals surface area contributed by atoms with Gasteiger partial charge in [0.05, 0.1) is 10.4 Å². The maximum Gasteiger partial charge on any atom is 0.325 e. The fourth-order valence-electron chi connectivity index (χ4n) is 2.46. The molecule has 134 valence electrons. The van der Waals surface area contributed by atoms with E-state index in [0.29, 0.717) is 15.6 Å². The number of nitrogens with one attached hydrogen (secondary N) is 1. The van der Waals surface area contributed by atoms with Gasteiger partial charge in [0, 0.05) is 10.9 Å². The molecule has 0 saturated carbocycles. The van der Waals surface area contributed by atoms with Gasteiger partial charge in [-0.05, 0) is 42.5 Å². The lowest BCUT2D eigenvalue weighted by atomic mass is 10.0. The highest BCUT2D eigenvalue weighted by molar-refractivity contribution is 7.12. The third kappa shape index (κ3) is 4.03. The van der Waals surface area contributed by atoms with Crippen LogP contribution in [0, 0.1) is 13.8 Å². The van der Waals surface area contributed by atoms with Crippen molar-refractivity contribution in [3.05, 3.63) is 62.4 Å². The topological polar surface area (TPSA) is 68.3 Å². The first-order valence-corrected chi connectivity index (χ1v) is 9.24. The lowest BCUT2D eigenvalue weighted by Crippen LogP contribution is -2.30. The molecule has 2 heterocycles. The van der Waals surface area contributed by atoms with E-state index in [1.807, 2.05) is 32.0 Å². The second kappa shape index (κ2) is 7.85. The highest BCUT2D eigenvalue weighted by Crippen LogP contribution is 2.25. The molecule has 1 aromatic carbocycles. The van der Waals surface area contributed by atoms with E-state index in [1.54, 1.807) is 17.5 Å². The highest BCUT2D eigenvalue weighted by atomic mass is 35.5. The van der Waals surface area contributed by atoms with Gasteiger partial charge in [-0.3, -0.25) is 9.59 Å². The number of nitrogens with zero attached hydrogens (tertiary/aromatic N) is 1. The SMILES string of the molecule is Cc1ccc2cc(COC(=O)CNC(=O)c3cccs3)c(Cl)nc2c1C. The fraction of sp³-hybridized carbons (Fsp3) is 0.211. The van der Waals surface area contributed by atoms with Gasteiger partial charge in [-0.25, -0.2) is 4.98 Å². The van der Waals surface area contributed by atoms with Gasteiger partial charge in [0.2, 0.25) is 0 Å². The molecule has 3 rings (SSSR count). The van der Waals surface area contributed by atoms with Crippen molar-refractivity contribution in [2.24, 2.45) is 0 Å². The zero-order chi connectivity index (χ0) is 18.7. The maximum absolute atomic E-state index is 11.9. The first kappa shape index (κ1) is 18.4. The molecule has 5 nitrogen and oxygen atoms in total. The molecular formula is C19H17ClN2O3S. The average Bonchev–Trinajstić information content (AvgIpc) is 3.16. The number of carbonyl (C=O) groups is 2. The Balaban J connectivity index is 1.62. The van der Waals surface area contributed by atoms with E-state index < -0.39 is 5.97 Å². The number of esters is 1. The number of amides is 1. The van der Waals surface area contributed by atoms with Crippen molar-refractivity contribution in [3.63, 3.8) is 0 Å². The number of halogens is 1. The van der Waals surface area contributed by atoms with E-state index in [-0.39, 0.29) is 19.1 Å². The van der Waals surface area contributed by atoms with Crippen LogP contribution in [0.3, 0.4) is 0 Å². The molecule has 0 bridgehead atoms. The Morgan fingerprint density at radius 2 is 2.08 bits per heavy atom. The summed E-state index contributed by atoms with van der Waals surface area (Å²) in [5.41, 5.74) is 3.68. The van der Waals surface area contributed by atoms with Gasteiger partial charge in [-0.2, -0.15) is 0 Å². The molecule has 0 fully saturated rings. The van der Waals surface area contributed by atoms with Crippen LogP contribution < -0.4 is 5.32 Å². The third-order valence-corrected chi connectivity index (χ3v) is 5.26. The smallest absolute Gasteiger partial charge is 0.325 e. The minimum Gasteiger partial charge on any atom is -0.459 e. The Kier molecular flexibility index (Phi) is 5.54. The minimum absolute atomic E-state index is 0.00238. The predicted molar refractivity (Wildman–Crippen MR) is 103 cm³/mol. The van der Waals surface area contributed by atoms with Crippen LogP contribution in [-0.2, 0) is 16.1 Å². The molecule has 0 aliphatic heterocycles. The predicted octanol–water partition coefficient (Wildman–Crippen LogP) is 4.04. The molecule has 0 spiro atoms. The number of pyridine rings is 1. The summed E-state index contributed by atoms with van der Waals surface area (Å²) in [6.45, 7) is 3.82. The average molecular weight is 389 g/mol. The zero-order valence-corrected chi connectivity index (χ0v) is 15.9. The zero-order valence-electron chi connectivity index (χ0n) is 14.3. The van der Waals surface area contributed by atoms with Crippen LogP contribution in [-0.4, -0.2) is 23.4 Å². The minimum atomic E-state index is -0.536. The van der Waals surface area contributed by atoms with Crippen molar-refractivity contribution in [2.45, 2.75) is 20.5 Å². The lowest BCUT2D eigenvalue weighted by molar-refractivity contribution is -0.143. The fourth-order valence-corrected chi connectivity index (χ4v) is 3.30. The van der Waals surface area contributed by atoms with Crippen LogP contribution in [0.15, 0.2) is 35.7 Å². The number of aryl methyl sites for hydroxylation is 2. The molecule has 2 aromatic heterocycles. The summed E-state index contributed by atoms with van der Waals surface area (Å²) >= 11 is 7.54. The van der Waals surface area contributed by atoms with E-state index in [4.69, 9.17) is 16.3 Å². The quantitative estimate of drug-likeness (QED) is 0.529. The van der Waals surface area contributed by atoms with Gasteiger partial charge in [0.1, 0.15) is 18.3 Å². The highest BCUT2D eigenvalue weighted by Gasteiger charge is 2.12. The normalized spacial score (nSPS) is 10.7. The van der Waals surface area contributed by atoms with Crippen LogP contribution in [0.2, 0.25) is 5.15 Å². The van der Waals surface area contributed by atoms with E-state index in [2.05, 4.69) is 10.3 Å². The van der Waals surface area contributed by atoms with Crippen molar-refractivity contribution in [2.75, 3.05) is 6.54 Å². The number of aromatic nitrogens is 1. The summed E-state index contributed by atoms with van der Waals surface area (Å²) in [4.78, 5) is 28.6. The Bertz CT molecular complexity index is 971. The number of hydrogen-bond acceptors (Lipinski definition) is 5. The third-order valence-electron chi connectivity index (χ3n) is 4.06. The summed E-state index contributed by atoms with van der Waals surface area (Å²) in [5.74, 6) is -0.834. The molecule has 0 aliphatic carbocycles. The van der Waals surface area contributed by atoms with E-state index in [0.717, 1.165) is 22.0 Å². The molecule has 0 aliphatic rings. The van der Waals surface area contributed by atoms with Crippen LogP contribution in [0.4, 0.5) is 0 Å². The first-order chi connectivity index (χ1) is 12.5. The Morgan fingerprint density at radius 1 is 1.27 bits per heavy atom. The number of fused-ring (bicyclic) bond motifs is 1. The van der Waals surface area contributed by atoms with Crippen molar-refractivity contribution in [1.82, 2.24) is 10.3 Å². The summed E-state index contributed by atoms with van der Waals surface area (Å²) in [7, 11) is 0. The molecular weight excluding hydrogens is 372 g/mol. The lowest BCUT2D eigenvalue weighted by Gasteiger charge is -2.10. The van der Waals surface area contributed by atoms with Gasteiger partial charge < -0.3 is 10.1 Å². The monoisotopic (exact) mass is 388 g/mol. The van der Waals surface area contributed by atoms with Crippen molar-refractivity contribution >= 4 is 45.7 Å². The van der Waals surface area contributed by atoms with Gasteiger partial charge >= 0.3 is 5.97 Å². The van der Waals surface area contributed by atoms with Gasteiger partial charge in [-0.1, -0.05) is 29.8 Å². The molecule has 0 radical (unpaired) electrons. The molecule has 7 heteroatoms. The number of thiophene rings is 1. The summed E-state index contributed by atoms with van der Waals surface area (Å²) in [6.07, 6.45) is 0. The number of hydrogen-bond donors (Lipinski definition) is 1. The number of rotatable bonds is 5. The summed E-state index contributed by atoms with van der Waals surface area (Å²) in [5, 5.41) is 5.57. The molecule has 26 heavy (non-hydrogen) atoms. The van der Waals surface area contributed by atoms with Crippen molar-refractivity contribution in [3.8, 4) is 0 Å². The molecule has 1 amide bonds. The Morgan fingerprint density at radius 3 is 2.81 bits per heavy atom. The summed E-state index contributed by atoms with van der Waals surface area (Å²) < 4.78 is 5.20. The van der Waals surface area contributed by atoms with E-state index in [9.17, 15) is 9.59 Å². The number of benzene rings is 1. The molecule has 0 unspecified atom stereocenters.